The Balaban J connectivity index is 1.60. The van der Waals surface area contributed by atoms with Gasteiger partial charge in [-0.15, -0.1) is 0 Å². The van der Waals surface area contributed by atoms with Crippen molar-refractivity contribution in [2.24, 2.45) is 16.8 Å². The van der Waals surface area contributed by atoms with E-state index in [-0.39, 0.29) is 6.10 Å². The van der Waals surface area contributed by atoms with Crippen LogP contribution in [0.4, 0.5) is 0 Å². The molecule has 2 aliphatic rings. The summed E-state index contributed by atoms with van der Waals surface area (Å²) in [6.07, 6.45) is 4.16. The van der Waals surface area contributed by atoms with Gasteiger partial charge < -0.3 is 20.3 Å². The zero-order valence-electron chi connectivity index (χ0n) is 17.5. The molecule has 2 heterocycles. The van der Waals surface area contributed by atoms with E-state index in [9.17, 15) is 0 Å². The molecular weight excluding hydrogens is 326 g/mol. The molecule has 2 rings (SSSR count). The van der Waals surface area contributed by atoms with Crippen LogP contribution in [0, 0.1) is 11.8 Å². The third-order valence-electron chi connectivity index (χ3n) is 5.57. The summed E-state index contributed by atoms with van der Waals surface area (Å²) < 4.78 is 5.91. The number of hydrogen-bond acceptors (Lipinski definition) is 4. The average molecular weight is 368 g/mol. The smallest absolute Gasteiger partial charge is 0.191 e. The molecule has 0 amide bonds. The third-order valence-corrected chi connectivity index (χ3v) is 5.57. The van der Waals surface area contributed by atoms with Crippen LogP contribution in [0.15, 0.2) is 4.99 Å². The van der Waals surface area contributed by atoms with Gasteiger partial charge in [0.1, 0.15) is 0 Å². The summed E-state index contributed by atoms with van der Waals surface area (Å²) in [4.78, 5) is 9.43. The number of aliphatic imine (C=N–C) groups is 1. The maximum absolute atomic E-state index is 5.91. The molecule has 0 aromatic heterocycles. The van der Waals surface area contributed by atoms with Crippen molar-refractivity contribution < 1.29 is 4.74 Å². The van der Waals surface area contributed by atoms with Crippen molar-refractivity contribution >= 4 is 5.96 Å². The molecule has 152 valence electrons. The predicted octanol–water partition coefficient (Wildman–Crippen LogP) is 1.63. The average Bonchev–Trinajstić information content (AvgIpc) is 2.65. The lowest BCUT2D eigenvalue weighted by Crippen LogP contribution is -2.50. The molecule has 6 heteroatoms. The minimum absolute atomic E-state index is 0.249. The molecule has 26 heavy (non-hydrogen) atoms. The van der Waals surface area contributed by atoms with Gasteiger partial charge >= 0.3 is 0 Å². The highest BCUT2D eigenvalue weighted by Gasteiger charge is 2.21. The van der Waals surface area contributed by atoms with E-state index in [0.29, 0.717) is 5.92 Å². The number of nitrogens with one attached hydrogen (secondary N) is 2. The van der Waals surface area contributed by atoms with Gasteiger partial charge in [-0.2, -0.15) is 0 Å². The second-order valence-corrected chi connectivity index (χ2v) is 8.19. The predicted molar refractivity (Wildman–Crippen MR) is 110 cm³/mol. The SMILES string of the molecule is CCN1CCC(CCNC(=NC)NCC2CN(CC(C)C)CCO2)CC1. The molecule has 2 N–H and O–H groups in total. The molecule has 0 bridgehead atoms. The number of morpholine rings is 1. The topological polar surface area (TPSA) is 52.1 Å². The number of guanidine groups is 1. The zero-order valence-corrected chi connectivity index (χ0v) is 17.5. The van der Waals surface area contributed by atoms with E-state index < -0.39 is 0 Å². The van der Waals surface area contributed by atoms with E-state index >= 15 is 0 Å². The molecule has 0 radical (unpaired) electrons. The first-order chi connectivity index (χ1) is 12.6. The maximum atomic E-state index is 5.91. The molecule has 0 aromatic carbocycles. The lowest BCUT2D eigenvalue weighted by atomic mass is 9.93. The van der Waals surface area contributed by atoms with Gasteiger partial charge in [-0.3, -0.25) is 9.89 Å². The van der Waals surface area contributed by atoms with Crippen LogP contribution in [0.3, 0.4) is 0 Å². The van der Waals surface area contributed by atoms with Gasteiger partial charge in [-0.05, 0) is 50.7 Å². The quantitative estimate of drug-likeness (QED) is 0.504. The van der Waals surface area contributed by atoms with Crippen LogP contribution < -0.4 is 10.6 Å². The van der Waals surface area contributed by atoms with Crippen LogP contribution in [0.1, 0.15) is 40.0 Å². The number of rotatable bonds is 8. The van der Waals surface area contributed by atoms with E-state index in [1.165, 1.54) is 38.9 Å². The number of ether oxygens (including phenoxy) is 1. The largest absolute Gasteiger partial charge is 0.374 e. The molecule has 6 nitrogen and oxygen atoms in total. The molecule has 2 saturated heterocycles. The summed E-state index contributed by atoms with van der Waals surface area (Å²) in [5, 5.41) is 6.93. The minimum Gasteiger partial charge on any atom is -0.374 e. The second-order valence-electron chi connectivity index (χ2n) is 8.19. The fraction of sp³-hybridized carbons (Fsp3) is 0.950. The van der Waals surface area contributed by atoms with Gasteiger partial charge in [-0.1, -0.05) is 20.8 Å². The molecule has 2 aliphatic heterocycles. The number of nitrogens with zero attached hydrogens (tertiary/aromatic N) is 3. The standard InChI is InChI=1S/C20H41N5O/c1-5-24-10-7-18(8-11-24)6-9-22-20(21-4)23-14-19-16-25(12-13-26-19)15-17(2)3/h17-19H,5-16H2,1-4H3,(H2,21,22,23). The van der Waals surface area contributed by atoms with Crippen molar-refractivity contribution in [2.45, 2.75) is 46.1 Å². The lowest BCUT2D eigenvalue weighted by molar-refractivity contribution is -0.0284. The van der Waals surface area contributed by atoms with Crippen molar-refractivity contribution in [1.82, 2.24) is 20.4 Å². The minimum atomic E-state index is 0.249. The summed E-state index contributed by atoms with van der Waals surface area (Å²) in [6.45, 7) is 16.4. The molecule has 0 spiro atoms. The molecule has 0 aliphatic carbocycles. The molecule has 0 saturated carbocycles. The highest BCUT2D eigenvalue weighted by Crippen LogP contribution is 2.19. The van der Waals surface area contributed by atoms with Gasteiger partial charge in [0, 0.05) is 39.8 Å². The summed E-state index contributed by atoms with van der Waals surface area (Å²) in [5.41, 5.74) is 0. The van der Waals surface area contributed by atoms with Crippen LogP contribution >= 0.6 is 0 Å². The highest BCUT2D eigenvalue weighted by molar-refractivity contribution is 5.79. The van der Waals surface area contributed by atoms with E-state index in [1.807, 2.05) is 7.05 Å². The molecule has 1 atom stereocenters. The van der Waals surface area contributed by atoms with Crippen LogP contribution in [0.25, 0.3) is 0 Å². The van der Waals surface area contributed by atoms with E-state index in [2.05, 4.69) is 46.2 Å². The Morgan fingerprint density at radius 3 is 2.58 bits per heavy atom. The van der Waals surface area contributed by atoms with Gasteiger partial charge in [0.2, 0.25) is 0 Å². The van der Waals surface area contributed by atoms with E-state index in [1.54, 1.807) is 0 Å². The van der Waals surface area contributed by atoms with Crippen LogP contribution in [-0.4, -0.2) is 87.9 Å². The maximum Gasteiger partial charge on any atom is 0.191 e. The van der Waals surface area contributed by atoms with Crippen LogP contribution in [0.5, 0.6) is 0 Å². The number of hydrogen-bond donors (Lipinski definition) is 2. The van der Waals surface area contributed by atoms with Crippen LogP contribution in [0.2, 0.25) is 0 Å². The molecule has 2 fully saturated rings. The Labute approximate surface area is 160 Å². The normalized spacial score (nSPS) is 24.2. The number of likely N-dealkylation sites (tertiary alicyclic amines) is 1. The third kappa shape index (κ3) is 7.80. The first kappa shape index (κ1) is 21.5. The summed E-state index contributed by atoms with van der Waals surface area (Å²) in [5.74, 6) is 2.47. The monoisotopic (exact) mass is 367 g/mol. The Kier molecular flexibility index (Phi) is 9.72. The van der Waals surface area contributed by atoms with Crippen molar-refractivity contribution in [2.75, 3.05) is 66.0 Å². The van der Waals surface area contributed by atoms with Crippen molar-refractivity contribution in [1.29, 1.82) is 0 Å². The molecule has 0 aromatic rings. The van der Waals surface area contributed by atoms with E-state index in [0.717, 1.165) is 51.2 Å². The Morgan fingerprint density at radius 1 is 1.15 bits per heavy atom. The Morgan fingerprint density at radius 2 is 1.92 bits per heavy atom. The molecule has 1 unspecified atom stereocenters. The summed E-state index contributed by atoms with van der Waals surface area (Å²) in [6, 6.07) is 0. The fourth-order valence-electron chi connectivity index (χ4n) is 4.00. The summed E-state index contributed by atoms with van der Waals surface area (Å²) >= 11 is 0. The van der Waals surface area contributed by atoms with E-state index in [4.69, 9.17) is 4.74 Å². The first-order valence-corrected chi connectivity index (χ1v) is 10.6. The van der Waals surface area contributed by atoms with Gasteiger partial charge in [0.05, 0.1) is 12.7 Å². The second kappa shape index (κ2) is 11.8. The Hall–Kier alpha value is -0.850. The lowest BCUT2D eigenvalue weighted by Gasteiger charge is -2.34. The van der Waals surface area contributed by atoms with Crippen molar-refractivity contribution in [3.8, 4) is 0 Å². The Bertz CT molecular complexity index is 407. The van der Waals surface area contributed by atoms with Gasteiger partial charge in [-0.25, -0.2) is 0 Å². The van der Waals surface area contributed by atoms with Gasteiger partial charge in [0.15, 0.2) is 5.96 Å². The first-order valence-electron chi connectivity index (χ1n) is 10.6. The highest BCUT2D eigenvalue weighted by atomic mass is 16.5. The zero-order chi connectivity index (χ0) is 18.8. The van der Waals surface area contributed by atoms with Crippen molar-refractivity contribution in [3.63, 3.8) is 0 Å². The fourth-order valence-corrected chi connectivity index (χ4v) is 4.00. The number of piperidine rings is 1. The van der Waals surface area contributed by atoms with Crippen molar-refractivity contribution in [3.05, 3.63) is 0 Å². The summed E-state index contributed by atoms with van der Waals surface area (Å²) in [7, 11) is 1.85. The van der Waals surface area contributed by atoms with Gasteiger partial charge in [0.25, 0.3) is 0 Å². The van der Waals surface area contributed by atoms with Crippen LogP contribution in [-0.2, 0) is 4.74 Å². The molecular formula is C20H41N5O.